The smallest absolute Gasteiger partial charge is 0.254 e. The Morgan fingerprint density at radius 1 is 1.37 bits per heavy atom. The lowest BCUT2D eigenvalue weighted by atomic mass is 10.2. The van der Waals surface area contributed by atoms with Gasteiger partial charge in [-0.2, -0.15) is 0 Å². The summed E-state index contributed by atoms with van der Waals surface area (Å²) in [6.07, 6.45) is 1.66. The number of carbonyl (C=O) groups is 1. The van der Waals surface area contributed by atoms with E-state index in [4.69, 9.17) is 5.11 Å². The molecule has 0 aliphatic rings. The number of phenolic OH excluding ortho intramolecular Hbond substituents is 1. The van der Waals surface area contributed by atoms with Crippen molar-refractivity contribution < 1.29 is 14.3 Å². The second-order valence-electron chi connectivity index (χ2n) is 4.15. The van der Waals surface area contributed by atoms with Crippen molar-refractivity contribution in [1.29, 1.82) is 0 Å². The van der Waals surface area contributed by atoms with E-state index in [0.717, 1.165) is 17.3 Å². The number of amides is 1. The van der Waals surface area contributed by atoms with Gasteiger partial charge in [0, 0.05) is 24.5 Å². The first kappa shape index (κ1) is 13.0. The van der Waals surface area contributed by atoms with E-state index >= 15 is 0 Å². The van der Waals surface area contributed by atoms with Crippen molar-refractivity contribution in [3.8, 4) is 5.75 Å². The molecule has 0 radical (unpaired) electrons. The van der Waals surface area contributed by atoms with Gasteiger partial charge in [0.2, 0.25) is 0 Å². The molecule has 5 heteroatoms. The number of aromatic hydroxyl groups is 1. The van der Waals surface area contributed by atoms with E-state index < -0.39 is 11.7 Å². The number of benzene rings is 1. The normalized spacial score (nSPS) is 10.2. The van der Waals surface area contributed by atoms with Gasteiger partial charge >= 0.3 is 0 Å². The van der Waals surface area contributed by atoms with E-state index in [2.05, 4.69) is 10.3 Å². The number of nitrogens with zero attached hydrogens (tertiary/aromatic N) is 1. The highest BCUT2D eigenvalue weighted by atomic mass is 19.1. The first-order valence-electron chi connectivity index (χ1n) is 5.74. The van der Waals surface area contributed by atoms with E-state index in [0.29, 0.717) is 0 Å². The van der Waals surface area contributed by atoms with Crippen molar-refractivity contribution >= 4 is 5.91 Å². The average molecular weight is 260 g/mol. The lowest BCUT2D eigenvalue weighted by molar-refractivity contribution is 0.0947. The number of nitrogens with one attached hydrogen (secondary N) is 1. The molecule has 0 atom stereocenters. The number of rotatable bonds is 3. The van der Waals surface area contributed by atoms with Crippen LogP contribution in [0.1, 0.15) is 21.6 Å². The van der Waals surface area contributed by atoms with Gasteiger partial charge in [-0.25, -0.2) is 4.39 Å². The van der Waals surface area contributed by atoms with E-state index in [1.165, 1.54) is 12.1 Å². The van der Waals surface area contributed by atoms with Crippen LogP contribution in [0, 0.1) is 12.7 Å². The summed E-state index contributed by atoms with van der Waals surface area (Å²) >= 11 is 0. The van der Waals surface area contributed by atoms with E-state index in [9.17, 15) is 9.18 Å². The van der Waals surface area contributed by atoms with Crippen molar-refractivity contribution in [2.24, 2.45) is 0 Å². The summed E-state index contributed by atoms with van der Waals surface area (Å²) in [5.74, 6) is -1.49. The molecule has 0 bridgehead atoms. The van der Waals surface area contributed by atoms with Gasteiger partial charge in [0.15, 0.2) is 0 Å². The monoisotopic (exact) mass is 260 g/mol. The Kier molecular flexibility index (Phi) is 3.75. The first-order chi connectivity index (χ1) is 9.06. The molecular weight excluding hydrogens is 247 g/mol. The maximum absolute atomic E-state index is 13.4. The van der Waals surface area contributed by atoms with E-state index in [1.54, 1.807) is 6.20 Å². The molecule has 19 heavy (non-hydrogen) atoms. The molecule has 98 valence electrons. The van der Waals surface area contributed by atoms with Crippen molar-refractivity contribution in [1.82, 2.24) is 10.3 Å². The first-order valence-corrected chi connectivity index (χ1v) is 5.74. The van der Waals surface area contributed by atoms with E-state index in [1.807, 2.05) is 19.1 Å². The van der Waals surface area contributed by atoms with Gasteiger partial charge < -0.3 is 10.4 Å². The molecule has 4 nitrogen and oxygen atoms in total. The van der Waals surface area contributed by atoms with Gasteiger partial charge in [0.25, 0.3) is 5.91 Å². The third-order valence-electron chi connectivity index (χ3n) is 2.62. The minimum Gasteiger partial charge on any atom is -0.508 e. The molecule has 2 N–H and O–H groups in total. The maximum Gasteiger partial charge on any atom is 0.254 e. The third kappa shape index (κ3) is 3.28. The maximum atomic E-state index is 13.4. The number of phenols is 1. The highest BCUT2D eigenvalue weighted by Crippen LogP contribution is 2.14. The van der Waals surface area contributed by atoms with Gasteiger partial charge in [0.1, 0.15) is 11.6 Å². The Morgan fingerprint density at radius 2 is 2.16 bits per heavy atom. The Morgan fingerprint density at radius 3 is 2.79 bits per heavy atom. The molecule has 2 aromatic rings. The molecule has 0 saturated heterocycles. The predicted octanol–water partition coefficient (Wildman–Crippen LogP) is 2.16. The summed E-state index contributed by atoms with van der Waals surface area (Å²) < 4.78 is 13.4. The molecule has 0 aliphatic carbocycles. The number of pyridine rings is 1. The van der Waals surface area contributed by atoms with Crippen molar-refractivity contribution in [3.63, 3.8) is 0 Å². The number of hydrogen-bond acceptors (Lipinski definition) is 3. The summed E-state index contributed by atoms with van der Waals surface area (Å²) in [7, 11) is 0. The molecule has 1 heterocycles. The van der Waals surface area contributed by atoms with Crippen LogP contribution in [0.4, 0.5) is 4.39 Å². The third-order valence-corrected chi connectivity index (χ3v) is 2.62. The summed E-state index contributed by atoms with van der Waals surface area (Å²) in [6, 6.07) is 7.10. The highest BCUT2D eigenvalue weighted by molar-refractivity contribution is 5.94. The Bertz CT molecular complexity index is 597. The number of aromatic nitrogens is 1. The largest absolute Gasteiger partial charge is 0.508 e. The molecule has 0 unspecified atom stereocenters. The fourth-order valence-electron chi connectivity index (χ4n) is 1.57. The average Bonchev–Trinajstić information content (AvgIpc) is 2.37. The second kappa shape index (κ2) is 5.48. The number of aryl methyl sites for hydroxylation is 1. The van der Waals surface area contributed by atoms with Crippen LogP contribution in [0.5, 0.6) is 5.75 Å². The minimum absolute atomic E-state index is 0.0992. The quantitative estimate of drug-likeness (QED) is 0.889. The van der Waals surface area contributed by atoms with Gasteiger partial charge in [-0.3, -0.25) is 9.78 Å². The lowest BCUT2D eigenvalue weighted by Gasteiger charge is -2.06. The zero-order valence-corrected chi connectivity index (χ0v) is 10.4. The Hall–Kier alpha value is -2.43. The van der Waals surface area contributed by atoms with Crippen LogP contribution in [0.25, 0.3) is 0 Å². The molecule has 1 amide bonds. The number of halogens is 1. The molecule has 0 spiro atoms. The van der Waals surface area contributed by atoms with Crippen LogP contribution in [0.3, 0.4) is 0 Å². The van der Waals surface area contributed by atoms with Crippen molar-refractivity contribution in [3.05, 3.63) is 59.2 Å². The van der Waals surface area contributed by atoms with Crippen molar-refractivity contribution in [2.75, 3.05) is 0 Å². The highest BCUT2D eigenvalue weighted by Gasteiger charge is 2.11. The van der Waals surface area contributed by atoms with Gasteiger partial charge in [-0.05, 0) is 30.7 Å². The predicted molar refractivity (Wildman–Crippen MR) is 68.2 cm³/mol. The fraction of sp³-hybridized carbons (Fsp3) is 0.143. The van der Waals surface area contributed by atoms with Crippen molar-refractivity contribution in [2.45, 2.75) is 13.5 Å². The fourth-order valence-corrected chi connectivity index (χ4v) is 1.57. The van der Waals surface area contributed by atoms with Crippen LogP contribution < -0.4 is 5.32 Å². The van der Waals surface area contributed by atoms with Gasteiger partial charge in [0.05, 0.1) is 5.56 Å². The van der Waals surface area contributed by atoms with Crippen LogP contribution in [0.15, 0.2) is 36.5 Å². The summed E-state index contributed by atoms with van der Waals surface area (Å²) in [4.78, 5) is 15.9. The van der Waals surface area contributed by atoms with Crippen LogP contribution in [-0.4, -0.2) is 16.0 Å². The summed E-state index contributed by atoms with van der Waals surface area (Å²) in [5.41, 5.74) is 1.62. The van der Waals surface area contributed by atoms with Gasteiger partial charge in [-0.15, -0.1) is 0 Å². The molecule has 0 saturated carbocycles. The second-order valence-corrected chi connectivity index (χ2v) is 4.15. The molecule has 1 aromatic heterocycles. The topological polar surface area (TPSA) is 62.2 Å². The molecule has 0 fully saturated rings. The zero-order valence-electron chi connectivity index (χ0n) is 10.4. The molecule has 2 rings (SSSR count). The standard InChI is InChI=1S/C14H13FN2O2/c1-9-2-3-10(7-16-9)8-17-14(19)12-5-4-11(18)6-13(12)15/h2-7,18H,8H2,1H3,(H,17,19). The number of hydrogen-bond donors (Lipinski definition) is 2. The number of carbonyl (C=O) groups excluding carboxylic acids is 1. The Labute approximate surface area is 109 Å². The van der Waals surface area contributed by atoms with Crippen LogP contribution in [0.2, 0.25) is 0 Å². The zero-order chi connectivity index (χ0) is 13.8. The molecule has 1 aromatic carbocycles. The van der Waals surface area contributed by atoms with E-state index in [-0.39, 0.29) is 17.9 Å². The molecular formula is C14H13FN2O2. The van der Waals surface area contributed by atoms with Gasteiger partial charge in [-0.1, -0.05) is 6.07 Å². The molecule has 0 aliphatic heterocycles. The summed E-state index contributed by atoms with van der Waals surface area (Å²) in [5, 5.41) is 11.7. The van der Waals surface area contributed by atoms with Crippen LogP contribution >= 0.6 is 0 Å². The Balaban J connectivity index is 2.03. The SMILES string of the molecule is Cc1ccc(CNC(=O)c2ccc(O)cc2F)cn1. The minimum atomic E-state index is -0.750. The lowest BCUT2D eigenvalue weighted by Crippen LogP contribution is -2.23. The summed E-state index contributed by atoms with van der Waals surface area (Å²) in [6.45, 7) is 2.14. The van der Waals surface area contributed by atoms with Crippen LogP contribution in [-0.2, 0) is 6.54 Å².